The van der Waals surface area contributed by atoms with E-state index >= 15 is 0 Å². The Kier molecular flexibility index (Phi) is 22.8. The number of hydrogen-bond donors (Lipinski definition) is 0. The van der Waals surface area contributed by atoms with Crippen LogP contribution in [-0.2, 0) is 19.5 Å². The first-order chi connectivity index (χ1) is 37.8. The minimum absolute atomic E-state index is 0. The average molecular weight is 1150 g/mol. The maximum Gasteiger partial charge on any atom is 0 e. The van der Waals surface area contributed by atoms with Crippen molar-refractivity contribution in [3.63, 3.8) is 0 Å². The van der Waals surface area contributed by atoms with Gasteiger partial charge in [0.25, 0.3) is 0 Å². The van der Waals surface area contributed by atoms with Crippen molar-refractivity contribution in [2.24, 2.45) is 0 Å². The van der Waals surface area contributed by atoms with Crippen LogP contribution < -0.4 is 63.7 Å². The van der Waals surface area contributed by atoms with Gasteiger partial charge >= 0.3 is 0 Å². The molecule has 77 heavy (non-hydrogen) atoms. The largest absolute Gasteiger partial charge is 1.00 e. The smallest absolute Gasteiger partial charge is 0 e. The molecule has 0 bridgehead atoms. The van der Waals surface area contributed by atoms with Crippen molar-refractivity contribution in [2.75, 3.05) is 0 Å². The molecule has 379 valence electrons. The Morgan fingerprint density at radius 3 is 0.247 bits per heavy atom. The molecule has 0 aliphatic heterocycles. The van der Waals surface area contributed by atoms with Crippen molar-refractivity contribution in [3.8, 4) is 0 Å². The first-order valence-corrected chi connectivity index (χ1v) is 31.0. The van der Waals surface area contributed by atoms with E-state index in [1.807, 2.05) is 0 Å². The van der Waals surface area contributed by atoms with Crippen molar-refractivity contribution in [1.29, 1.82) is 0 Å². The Morgan fingerprint density at radius 2 is 0.182 bits per heavy atom. The van der Waals surface area contributed by atoms with Crippen molar-refractivity contribution >= 4 is 95.3 Å². The van der Waals surface area contributed by atoms with E-state index in [9.17, 15) is 0 Å². The zero-order chi connectivity index (χ0) is 51.7. The van der Waals surface area contributed by atoms with E-state index in [0.717, 1.165) is 0 Å². The summed E-state index contributed by atoms with van der Waals surface area (Å²) in [6.07, 6.45) is 0. The molecule has 5 heteroatoms. The standard InChI is InChI=1S/4C18H15P.Rh.H/c4*1-4-10-16(11-5-1)19(17-12-6-2-7-13-17)18-14-8-3-9-15-18;;/h4*1-15H;;/q;;;;;-1. The van der Waals surface area contributed by atoms with Gasteiger partial charge in [-0.05, 0) is 95.3 Å². The maximum absolute atomic E-state index is 2.23. The molecule has 0 atom stereocenters. The normalized spacial score (nSPS) is 10.4. The second kappa shape index (κ2) is 31.3. The molecule has 0 nitrogen and oxygen atoms in total. The van der Waals surface area contributed by atoms with Crippen molar-refractivity contribution < 1.29 is 20.9 Å². The van der Waals surface area contributed by atoms with Gasteiger partial charge < -0.3 is 1.43 Å². The molecule has 0 fully saturated rings. The molecule has 0 aliphatic carbocycles. The van der Waals surface area contributed by atoms with Crippen LogP contribution in [0.1, 0.15) is 1.43 Å². The molecule has 0 saturated carbocycles. The van der Waals surface area contributed by atoms with Crippen LogP contribution in [0.2, 0.25) is 0 Å². The van der Waals surface area contributed by atoms with E-state index in [2.05, 4.69) is 364 Å². The molecule has 0 N–H and O–H groups in total. The molecule has 0 heterocycles. The predicted octanol–water partition coefficient (Wildman–Crippen LogP) is 13.9. The predicted molar refractivity (Wildman–Crippen MR) is 342 cm³/mol. The Hall–Kier alpha value is -7.02. The number of rotatable bonds is 12. The summed E-state index contributed by atoms with van der Waals surface area (Å²) in [6, 6.07) is 129. The number of hydrogen-bond acceptors (Lipinski definition) is 0. The van der Waals surface area contributed by atoms with Gasteiger partial charge in [-0.2, -0.15) is 0 Å². The van der Waals surface area contributed by atoms with Gasteiger partial charge in [0.05, 0.1) is 0 Å². The Balaban J connectivity index is 0.000000149. The Bertz CT molecular complexity index is 2580. The number of benzene rings is 12. The van der Waals surface area contributed by atoms with Crippen LogP contribution in [-0.4, -0.2) is 0 Å². The fourth-order valence-corrected chi connectivity index (χ4v) is 17.9. The summed E-state index contributed by atoms with van der Waals surface area (Å²) in [5.74, 6) is 0. The first-order valence-electron chi connectivity index (χ1n) is 25.6. The van der Waals surface area contributed by atoms with E-state index in [0.29, 0.717) is 0 Å². The summed E-state index contributed by atoms with van der Waals surface area (Å²) in [6.45, 7) is 0. The Morgan fingerprint density at radius 1 is 0.117 bits per heavy atom. The SMILES string of the molecule is [H-].[Rh].c1ccc(P(c2ccccc2)c2ccccc2)cc1.c1ccc(P(c2ccccc2)c2ccccc2)cc1.c1ccc(P(c2ccccc2)c2ccccc2)cc1.c1ccc(P(c2ccccc2)c2ccccc2)cc1. The third kappa shape index (κ3) is 16.5. The molecule has 0 saturated heterocycles. The summed E-state index contributed by atoms with van der Waals surface area (Å²) < 4.78 is 0. The van der Waals surface area contributed by atoms with Gasteiger partial charge in [-0.25, -0.2) is 0 Å². The minimum Gasteiger partial charge on any atom is -1.00 e. The zero-order valence-electron chi connectivity index (χ0n) is 43.8. The van der Waals surface area contributed by atoms with Crippen LogP contribution in [0.15, 0.2) is 364 Å². The van der Waals surface area contributed by atoms with E-state index < -0.39 is 31.7 Å². The van der Waals surface area contributed by atoms with Crippen LogP contribution in [0.4, 0.5) is 0 Å². The summed E-state index contributed by atoms with van der Waals surface area (Å²) in [7, 11) is -1.78. The van der Waals surface area contributed by atoms with Crippen molar-refractivity contribution in [3.05, 3.63) is 364 Å². The summed E-state index contributed by atoms with van der Waals surface area (Å²) in [5.41, 5.74) is 0. The third-order valence-electron chi connectivity index (χ3n) is 12.2. The molecule has 0 unspecified atom stereocenters. The van der Waals surface area contributed by atoms with Crippen LogP contribution in [0.3, 0.4) is 0 Å². The van der Waals surface area contributed by atoms with Gasteiger partial charge in [0.2, 0.25) is 0 Å². The van der Waals surface area contributed by atoms with E-state index in [1.165, 1.54) is 63.7 Å². The van der Waals surface area contributed by atoms with Gasteiger partial charge in [-0.3, -0.25) is 0 Å². The van der Waals surface area contributed by atoms with Gasteiger partial charge in [-0.15, -0.1) is 0 Å². The summed E-state index contributed by atoms with van der Waals surface area (Å²) in [5, 5.41) is 16.8. The fourth-order valence-electron chi connectivity index (χ4n) is 8.71. The molecule has 12 aromatic rings. The fraction of sp³-hybridized carbons (Fsp3) is 0. The zero-order valence-corrected chi connectivity index (χ0v) is 48.0. The molecule has 1 radical (unpaired) electrons. The van der Waals surface area contributed by atoms with Crippen molar-refractivity contribution in [2.45, 2.75) is 0 Å². The van der Waals surface area contributed by atoms with Crippen molar-refractivity contribution in [1.82, 2.24) is 0 Å². The summed E-state index contributed by atoms with van der Waals surface area (Å²) in [4.78, 5) is 0. The van der Waals surface area contributed by atoms with E-state index in [-0.39, 0.29) is 20.9 Å². The molecular formula is C72H61P4Rh-. The maximum atomic E-state index is 2.23. The molecular weight excluding hydrogens is 1090 g/mol. The van der Waals surface area contributed by atoms with Crippen LogP contribution in [0.25, 0.3) is 0 Å². The van der Waals surface area contributed by atoms with Gasteiger partial charge in [0, 0.05) is 19.5 Å². The molecule has 12 aromatic carbocycles. The molecule has 0 amide bonds. The quantitative estimate of drug-likeness (QED) is 0.0845. The first kappa shape index (κ1) is 56.2. The molecule has 0 aromatic heterocycles. The second-order valence-electron chi connectivity index (χ2n) is 17.4. The molecule has 0 spiro atoms. The van der Waals surface area contributed by atoms with Crippen LogP contribution in [0, 0.1) is 0 Å². The third-order valence-corrected chi connectivity index (χ3v) is 21.9. The topological polar surface area (TPSA) is 0 Å². The Labute approximate surface area is 476 Å². The monoisotopic (exact) mass is 1150 g/mol. The van der Waals surface area contributed by atoms with E-state index in [4.69, 9.17) is 0 Å². The molecule has 0 aliphatic rings. The average Bonchev–Trinajstić information content (AvgIpc) is 3.51. The van der Waals surface area contributed by atoms with Crippen LogP contribution >= 0.6 is 31.7 Å². The van der Waals surface area contributed by atoms with E-state index in [1.54, 1.807) is 0 Å². The second-order valence-corrected chi connectivity index (χ2v) is 26.2. The molecule has 12 rings (SSSR count). The van der Waals surface area contributed by atoms with Gasteiger partial charge in [0.15, 0.2) is 0 Å². The van der Waals surface area contributed by atoms with Gasteiger partial charge in [-0.1, -0.05) is 364 Å². The summed E-state index contributed by atoms with van der Waals surface area (Å²) >= 11 is 0. The minimum atomic E-state index is -0.446. The van der Waals surface area contributed by atoms with Gasteiger partial charge in [0.1, 0.15) is 0 Å². The van der Waals surface area contributed by atoms with Crippen LogP contribution in [0.5, 0.6) is 0 Å².